The summed E-state index contributed by atoms with van der Waals surface area (Å²) in [6, 6.07) is 92.4. The van der Waals surface area contributed by atoms with Crippen LogP contribution in [0.2, 0.25) is 0 Å². The number of aryl methyl sites for hydroxylation is 8. The molecule has 142 heavy (non-hydrogen) atoms. The van der Waals surface area contributed by atoms with Crippen LogP contribution in [-0.2, 0) is 22.7 Å². The first-order chi connectivity index (χ1) is 68.2. The Morgan fingerprint density at radius 2 is 0.387 bits per heavy atom. The molecule has 6 heterocycles. The summed E-state index contributed by atoms with van der Waals surface area (Å²) in [5.41, 5.74) is 32.0. The number of aromatic nitrogens is 24. The van der Waals surface area contributed by atoms with Gasteiger partial charge in [-0.05, 0) is 324 Å². The van der Waals surface area contributed by atoms with Gasteiger partial charge in [0, 0.05) is 47.6 Å². The zero-order valence-electron chi connectivity index (χ0n) is 84.3. The van der Waals surface area contributed by atoms with Crippen LogP contribution in [0, 0.1) is 55.4 Å². The summed E-state index contributed by atoms with van der Waals surface area (Å²) in [6.07, 6.45) is 0. The van der Waals surface area contributed by atoms with Crippen LogP contribution in [0.3, 0.4) is 0 Å². The third-order valence-corrected chi connectivity index (χ3v) is 38.6. The standard InChI is InChI=1S/C52H48N8P2.C36H48N8P2.C24H22N8O2/c1-31-13-9-14-32(2)47(31)61(48-33(3)15-10-16-34(48)4)45-29-44(40-23-27-42(28-24-40)52-55-59-60-56-52)46(30-43(45)39-21-25-41(26-22-39)51-53-57-58-54-51)62(49-35(5)17-11-18-36(49)6)50-37(7)19-12-20-38(50)8;1-33(2,3)45(34(4,5)6)29-21-28(24-15-19-26(20-16-24)32-39-43-44-40-32)30(46(35(7,8)9)36(10,11)12)22-27(29)23-13-17-25(18-14-23)31-37-41-42-38-31;1-33-13-19-11-22(16-5-9-18(10-6-16)24-27-31-32-28-24)20(14-34-2)12-21(19)15-3-7-17(8-4-15)23-25-29-30-26-23/h9-30H,1-8H3,(H,53,54,57,58)(H,55,56,59,60);13-22H,1-12H3,(H,37,38,41,42)(H,39,40,43,44);3-12H,13-14H2,1-2H3,(H,25,26,29,30)(H,27,28,31,32). The highest BCUT2D eigenvalue weighted by Gasteiger charge is 2.42. The molecule has 0 unspecified atom stereocenters. The minimum Gasteiger partial charge on any atom is -0.380 e. The molecule has 0 bridgehead atoms. The van der Waals surface area contributed by atoms with Crippen LogP contribution in [0.4, 0.5) is 0 Å². The Balaban J connectivity index is 0.000000153. The highest BCUT2D eigenvalue weighted by Crippen LogP contribution is 2.63. The molecule has 6 aromatic heterocycles. The lowest BCUT2D eigenvalue weighted by Crippen LogP contribution is -2.35. The molecular formula is C112H118N24O2P4. The normalized spacial score (nSPS) is 12.0. The van der Waals surface area contributed by atoms with E-state index in [9.17, 15) is 0 Å². The first-order valence-electron chi connectivity index (χ1n) is 47.2. The van der Waals surface area contributed by atoms with E-state index >= 15 is 0 Å². The van der Waals surface area contributed by atoms with Gasteiger partial charge >= 0.3 is 0 Å². The van der Waals surface area contributed by atoms with Crippen LogP contribution in [0.25, 0.3) is 135 Å². The Hall–Kier alpha value is -14.1. The third-order valence-electron chi connectivity index (χ3n) is 25.3. The molecule has 0 atom stereocenters. The molecule has 6 N–H and O–H groups in total. The lowest BCUT2D eigenvalue weighted by atomic mass is 9.90. The number of rotatable bonds is 24. The van der Waals surface area contributed by atoms with Crippen molar-refractivity contribution in [3.63, 3.8) is 0 Å². The minimum atomic E-state index is -1.09. The molecule has 718 valence electrons. The van der Waals surface area contributed by atoms with Crippen LogP contribution in [-0.4, -0.2) is 159 Å². The number of hydrogen-bond donors (Lipinski definition) is 6. The highest BCUT2D eigenvalue weighted by atomic mass is 31.1. The summed E-state index contributed by atoms with van der Waals surface area (Å²) >= 11 is 0. The van der Waals surface area contributed by atoms with Crippen molar-refractivity contribution in [2.45, 2.75) is 172 Å². The molecule has 13 aromatic carbocycles. The summed E-state index contributed by atoms with van der Waals surface area (Å²) in [7, 11) is -0.0228. The summed E-state index contributed by atoms with van der Waals surface area (Å²) in [5.74, 6) is 3.45. The van der Waals surface area contributed by atoms with E-state index in [1.807, 2.05) is 24.3 Å². The van der Waals surface area contributed by atoms with E-state index in [1.54, 1.807) is 14.2 Å². The zero-order chi connectivity index (χ0) is 100. The number of nitrogens with zero attached hydrogens (tertiary/aromatic N) is 18. The van der Waals surface area contributed by atoms with Crippen molar-refractivity contribution < 1.29 is 9.47 Å². The van der Waals surface area contributed by atoms with Crippen molar-refractivity contribution in [1.29, 1.82) is 0 Å². The maximum atomic E-state index is 5.54. The van der Waals surface area contributed by atoms with Gasteiger partial charge in [-0.15, -0.1) is 61.2 Å². The second kappa shape index (κ2) is 42.4. The molecule has 26 nitrogen and oxygen atoms in total. The van der Waals surface area contributed by atoms with E-state index in [0.717, 1.165) is 77.9 Å². The van der Waals surface area contributed by atoms with E-state index < -0.39 is 31.7 Å². The van der Waals surface area contributed by atoms with Crippen LogP contribution >= 0.6 is 31.7 Å². The Labute approximate surface area is 834 Å². The molecule has 0 spiro atoms. The number of aromatic amines is 6. The van der Waals surface area contributed by atoms with Crippen molar-refractivity contribution in [2.24, 2.45) is 0 Å². The van der Waals surface area contributed by atoms with Gasteiger partial charge in [0.25, 0.3) is 0 Å². The molecule has 19 aromatic rings. The average Bonchev–Trinajstić information content (AvgIpc) is 1.17. The van der Waals surface area contributed by atoms with Gasteiger partial charge in [-0.1, -0.05) is 317 Å². The fourth-order valence-corrected chi connectivity index (χ4v) is 34.4. The van der Waals surface area contributed by atoms with Gasteiger partial charge in [0.2, 0.25) is 34.9 Å². The lowest BCUT2D eigenvalue weighted by Gasteiger charge is -2.45. The number of hydrogen-bond acceptors (Lipinski definition) is 20. The molecule has 0 radical (unpaired) electrons. The van der Waals surface area contributed by atoms with Crippen molar-refractivity contribution >= 4 is 74.1 Å². The molecular weight excluding hydrogens is 1840 g/mol. The Morgan fingerprint density at radius 1 is 0.218 bits per heavy atom. The number of ether oxygens (including phenoxy) is 2. The zero-order valence-corrected chi connectivity index (χ0v) is 87.9. The fourth-order valence-electron chi connectivity index (χ4n) is 19.9. The Bertz CT molecular complexity index is 6870. The molecule has 0 amide bonds. The SMILES string of the molecule is CC(C)(C)P(c1cc(-c2ccc(-c3nn[nH]n3)cc2)c(P(C(C)(C)C)C(C)(C)C)cc1-c1ccc(-c2nn[nH]n2)cc1)C(C)(C)C.COCc1cc(-c2ccc(-c3nn[nH]n3)cc2)c(COC)cc1-c1ccc(-c2nn[nH]n2)cc1.Cc1cccc(C)c1P(c1cc(-c2ccc(-c3nn[nH]n3)cc2)c(P(c2c(C)cccc2C)c2c(C)cccc2C)cc1-c1ccc(-c2nn[nH]n2)cc1)c1c(C)cccc1C. The number of nitrogens with one attached hydrogen (secondary N) is 6. The van der Waals surface area contributed by atoms with Crippen molar-refractivity contribution in [2.75, 3.05) is 14.2 Å². The van der Waals surface area contributed by atoms with Crippen molar-refractivity contribution in [3.8, 4) is 135 Å². The van der Waals surface area contributed by atoms with Crippen molar-refractivity contribution in [1.82, 2.24) is 124 Å². The van der Waals surface area contributed by atoms with E-state index in [-0.39, 0.29) is 20.6 Å². The van der Waals surface area contributed by atoms with E-state index in [0.29, 0.717) is 48.2 Å². The van der Waals surface area contributed by atoms with Gasteiger partial charge < -0.3 is 9.47 Å². The van der Waals surface area contributed by atoms with Crippen LogP contribution in [0.1, 0.15) is 139 Å². The van der Waals surface area contributed by atoms with E-state index in [1.165, 1.54) is 120 Å². The summed E-state index contributed by atoms with van der Waals surface area (Å²) in [6.45, 7) is 48.0. The maximum Gasteiger partial charge on any atom is 0.204 e. The molecule has 0 aliphatic heterocycles. The minimum absolute atomic E-state index is 0.0764. The van der Waals surface area contributed by atoms with Gasteiger partial charge in [0.15, 0.2) is 0 Å². The summed E-state index contributed by atoms with van der Waals surface area (Å²) in [5, 5.41) is 99.4. The summed E-state index contributed by atoms with van der Waals surface area (Å²) in [4.78, 5) is 0. The largest absolute Gasteiger partial charge is 0.380 e. The topological polar surface area (TPSA) is 345 Å². The molecule has 0 aliphatic carbocycles. The smallest absolute Gasteiger partial charge is 0.204 e. The predicted octanol–water partition coefficient (Wildman–Crippen LogP) is 21.8. The van der Waals surface area contributed by atoms with Gasteiger partial charge in [-0.2, -0.15) is 31.3 Å². The maximum absolute atomic E-state index is 5.54. The van der Waals surface area contributed by atoms with Gasteiger partial charge in [0.05, 0.1) is 13.2 Å². The molecule has 0 saturated carbocycles. The van der Waals surface area contributed by atoms with E-state index in [2.05, 4.69) is 493 Å². The Kier molecular flexibility index (Phi) is 29.7. The van der Waals surface area contributed by atoms with Crippen LogP contribution < -0.4 is 42.4 Å². The third kappa shape index (κ3) is 21.6. The number of benzene rings is 13. The molecule has 0 fully saturated rings. The van der Waals surface area contributed by atoms with Gasteiger partial charge in [-0.3, -0.25) is 0 Å². The summed E-state index contributed by atoms with van der Waals surface area (Å²) < 4.78 is 11.1. The van der Waals surface area contributed by atoms with Crippen LogP contribution in [0.15, 0.2) is 255 Å². The number of methoxy groups -OCH3 is 2. The monoisotopic (exact) mass is 1950 g/mol. The second-order valence-corrected chi connectivity index (χ2v) is 51.4. The highest BCUT2D eigenvalue weighted by molar-refractivity contribution is 7.81. The van der Waals surface area contributed by atoms with Gasteiger partial charge in [-0.25, -0.2) is 0 Å². The number of H-pyrrole nitrogens is 6. The Morgan fingerprint density at radius 3 is 0.556 bits per heavy atom. The molecule has 0 aliphatic rings. The van der Waals surface area contributed by atoms with Crippen molar-refractivity contribution in [3.05, 3.63) is 310 Å². The predicted molar refractivity (Wildman–Crippen MR) is 580 cm³/mol. The molecule has 30 heteroatoms. The first-order valence-corrected chi connectivity index (χ1v) is 52.6. The lowest BCUT2D eigenvalue weighted by molar-refractivity contribution is 0.183. The van der Waals surface area contributed by atoms with Crippen LogP contribution in [0.5, 0.6) is 0 Å². The molecule has 0 saturated heterocycles. The first kappa shape index (κ1) is 99.5. The number of tetrazole rings is 6. The van der Waals surface area contributed by atoms with E-state index in [4.69, 9.17) is 9.47 Å². The molecule has 19 rings (SSSR count). The second-order valence-electron chi connectivity index (χ2n) is 39.7. The van der Waals surface area contributed by atoms with Gasteiger partial charge in [0.1, 0.15) is 0 Å². The quantitative estimate of drug-likeness (QED) is 0.0306. The average molecular weight is 1960 g/mol. The fraction of sp³-hybridized carbons (Fsp3) is 0.250.